The predicted molar refractivity (Wildman–Crippen MR) is 301 cm³/mol. The van der Waals surface area contributed by atoms with Crippen LogP contribution in [0, 0.1) is 0 Å². The van der Waals surface area contributed by atoms with Gasteiger partial charge in [-0.05, 0) is 77.0 Å². The first-order valence-electron chi connectivity index (χ1n) is 30.8. The number of hydrogen-bond acceptors (Lipinski definition) is 5. The first kappa shape index (κ1) is 67.1. The number of unbranched alkanes of at least 4 members (excludes halogenated alkanes) is 42. The number of carbonyl (C=O) groups is 2. The van der Waals surface area contributed by atoms with E-state index in [0.717, 1.165) is 70.6 Å². The molecule has 0 saturated heterocycles. The van der Waals surface area contributed by atoms with Crippen LogP contribution in [0.5, 0.6) is 0 Å². The smallest absolute Gasteiger partial charge is 0.305 e. The average Bonchev–Trinajstić information content (AvgIpc) is 3.35. The van der Waals surface area contributed by atoms with E-state index in [9.17, 15) is 19.8 Å². The zero-order valence-electron chi connectivity index (χ0n) is 46.3. The standard InChI is InChI=1S/C63H119NO5/c1-3-5-7-9-11-13-15-17-19-21-23-24-25-26-27-29-30-32-34-36-39-43-47-51-55-61(66)60(59-65)64-62(67)56-52-48-44-40-38-42-46-50-54-58-69-63(68)57-53-49-45-41-37-35-33-31-28-22-20-18-16-14-12-10-8-6-4-2/h18,20,40,44,51,55,60-61,65-66H,3-17,19,21-39,41-43,45-50,52-54,56-59H2,1-2H3,(H,64,67)/b20-18-,44-40-,55-51+. The molecule has 0 fully saturated rings. The Morgan fingerprint density at radius 2 is 0.696 bits per heavy atom. The molecule has 0 rings (SSSR count). The van der Waals surface area contributed by atoms with Crippen molar-refractivity contribution in [2.45, 2.75) is 341 Å². The summed E-state index contributed by atoms with van der Waals surface area (Å²) in [5, 5.41) is 23.1. The van der Waals surface area contributed by atoms with Crippen molar-refractivity contribution >= 4 is 11.9 Å². The van der Waals surface area contributed by atoms with Gasteiger partial charge in [-0.3, -0.25) is 9.59 Å². The third-order valence-corrected chi connectivity index (χ3v) is 14.1. The van der Waals surface area contributed by atoms with Crippen molar-refractivity contribution in [1.29, 1.82) is 0 Å². The molecule has 406 valence electrons. The minimum atomic E-state index is -0.877. The van der Waals surface area contributed by atoms with Crippen LogP contribution in [-0.4, -0.2) is 47.4 Å². The maximum Gasteiger partial charge on any atom is 0.305 e. The number of nitrogens with one attached hydrogen (secondary N) is 1. The lowest BCUT2D eigenvalue weighted by Gasteiger charge is -2.19. The molecule has 0 aliphatic heterocycles. The molecular formula is C63H119NO5. The molecule has 0 aliphatic carbocycles. The van der Waals surface area contributed by atoms with Gasteiger partial charge in [0.2, 0.25) is 5.91 Å². The van der Waals surface area contributed by atoms with E-state index in [2.05, 4.69) is 43.5 Å². The van der Waals surface area contributed by atoms with Crippen molar-refractivity contribution in [3.05, 3.63) is 36.5 Å². The van der Waals surface area contributed by atoms with Crippen molar-refractivity contribution in [1.82, 2.24) is 5.32 Å². The second kappa shape index (κ2) is 58.6. The highest BCUT2D eigenvalue weighted by Gasteiger charge is 2.18. The zero-order valence-corrected chi connectivity index (χ0v) is 46.3. The molecule has 0 aliphatic rings. The Labute approximate surface area is 430 Å². The Balaban J connectivity index is 3.53. The number of esters is 1. The van der Waals surface area contributed by atoms with E-state index in [1.807, 2.05) is 6.08 Å². The number of aliphatic hydroxyl groups excluding tert-OH is 2. The Morgan fingerprint density at radius 1 is 0.391 bits per heavy atom. The molecule has 0 bridgehead atoms. The van der Waals surface area contributed by atoms with E-state index < -0.39 is 12.1 Å². The minimum Gasteiger partial charge on any atom is -0.466 e. The molecule has 0 radical (unpaired) electrons. The molecule has 6 nitrogen and oxygen atoms in total. The summed E-state index contributed by atoms with van der Waals surface area (Å²) in [5.41, 5.74) is 0. The largest absolute Gasteiger partial charge is 0.466 e. The average molecular weight is 971 g/mol. The summed E-state index contributed by atoms with van der Waals surface area (Å²) in [6, 6.07) is -0.667. The highest BCUT2D eigenvalue weighted by Crippen LogP contribution is 2.17. The Kier molecular flexibility index (Phi) is 57.0. The fourth-order valence-electron chi connectivity index (χ4n) is 9.40. The van der Waals surface area contributed by atoms with Gasteiger partial charge in [0, 0.05) is 12.8 Å². The molecule has 0 heterocycles. The fourth-order valence-corrected chi connectivity index (χ4v) is 9.40. The second-order valence-electron chi connectivity index (χ2n) is 21.0. The normalized spacial score (nSPS) is 12.8. The molecule has 2 atom stereocenters. The van der Waals surface area contributed by atoms with Crippen LogP contribution in [0.25, 0.3) is 0 Å². The van der Waals surface area contributed by atoms with Crippen LogP contribution in [0.4, 0.5) is 0 Å². The Hall–Kier alpha value is -1.92. The maximum absolute atomic E-state index is 12.5. The molecule has 1 amide bonds. The van der Waals surface area contributed by atoms with Crippen LogP contribution in [0.1, 0.15) is 328 Å². The molecule has 6 heteroatoms. The lowest BCUT2D eigenvalue weighted by molar-refractivity contribution is -0.143. The van der Waals surface area contributed by atoms with E-state index in [1.165, 1.54) is 231 Å². The lowest BCUT2D eigenvalue weighted by Crippen LogP contribution is -2.45. The van der Waals surface area contributed by atoms with Gasteiger partial charge >= 0.3 is 5.97 Å². The summed E-state index contributed by atoms with van der Waals surface area (Å²) in [7, 11) is 0. The van der Waals surface area contributed by atoms with E-state index >= 15 is 0 Å². The third-order valence-electron chi connectivity index (χ3n) is 14.1. The molecule has 0 aromatic heterocycles. The van der Waals surface area contributed by atoms with Crippen LogP contribution >= 0.6 is 0 Å². The number of allylic oxidation sites excluding steroid dienone is 5. The number of hydrogen-bond donors (Lipinski definition) is 3. The van der Waals surface area contributed by atoms with Crippen molar-refractivity contribution < 1.29 is 24.5 Å². The van der Waals surface area contributed by atoms with Gasteiger partial charge < -0.3 is 20.3 Å². The number of ether oxygens (including phenoxy) is 1. The van der Waals surface area contributed by atoms with Crippen LogP contribution in [0.3, 0.4) is 0 Å². The van der Waals surface area contributed by atoms with Gasteiger partial charge in [0.1, 0.15) is 0 Å². The molecule has 3 N–H and O–H groups in total. The topological polar surface area (TPSA) is 95.9 Å². The van der Waals surface area contributed by atoms with Crippen LogP contribution in [-0.2, 0) is 14.3 Å². The predicted octanol–water partition coefficient (Wildman–Crippen LogP) is 19.2. The lowest BCUT2D eigenvalue weighted by atomic mass is 10.0. The van der Waals surface area contributed by atoms with Gasteiger partial charge in [-0.1, -0.05) is 275 Å². The summed E-state index contributed by atoms with van der Waals surface area (Å²) < 4.78 is 5.46. The summed E-state index contributed by atoms with van der Waals surface area (Å²) >= 11 is 0. The maximum atomic E-state index is 12.5. The number of carbonyl (C=O) groups excluding carboxylic acids is 2. The summed E-state index contributed by atoms with van der Waals surface area (Å²) in [6.45, 7) is 4.83. The zero-order chi connectivity index (χ0) is 50.0. The van der Waals surface area contributed by atoms with Crippen LogP contribution < -0.4 is 5.32 Å². The summed E-state index contributed by atoms with van der Waals surface area (Å²) in [4.78, 5) is 24.6. The Morgan fingerprint density at radius 3 is 1.06 bits per heavy atom. The van der Waals surface area contributed by atoms with Gasteiger partial charge in [-0.25, -0.2) is 0 Å². The summed E-state index contributed by atoms with van der Waals surface area (Å²) in [5.74, 6) is -0.164. The quantitative estimate of drug-likeness (QED) is 0.0321. The van der Waals surface area contributed by atoms with Gasteiger partial charge in [0.15, 0.2) is 0 Å². The molecular weight excluding hydrogens is 851 g/mol. The molecule has 0 spiro atoms. The van der Waals surface area contributed by atoms with Crippen molar-refractivity contribution in [2.24, 2.45) is 0 Å². The number of amides is 1. The Bertz CT molecular complexity index is 1120. The van der Waals surface area contributed by atoms with E-state index in [-0.39, 0.29) is 18.5 Å². The van der Waals surface area contributed by atoms with Crippen molar-refractivity contribution in [3.8, 4) is 0 Å². The fraction of sp³-hybridized carbons (Fsp3) is 0.873. The van der Waals surface area contributed by atoms with Crippen molar-refractivity contribution in [3.63, 3.8) is 0 Å². The van der Waals surface area contributed by atoms with E-state index in [0.29, 0.717) is 19.4 Å². The highest BCUT2D eigenvalue weighted by atomic mass is 16.5. The SMILES string of the molecule is CCCCCCCC/C=C\CCCCCCCCCCCC(=O)OCCCCCC/C=C\CCCC(=O)NC(CO)C(O)/C=C/CCCCCCCCCCCCCCCCCCCCCCCC. The molecule has 0 aromatic rings. The van der Waals surface area contributed by atoms with Gasteiger partial charge in [0.25, 0.3) is 0 Å². The molecule has 0 saturated carbocycles. The van der Waals surface area contributed by atoms with Gasteiger partial charge in [-0.2, -0.15) is 0 Å². The first-order chi connectivity index (χ1) is 34.0. The van der Waals surface area contributed by atoms with Crippen LogP contribution in [0.15, 0.2) is 36.5 Å². The van der Waals surface area contributed by atoms with E-state index in [1.54, 1.807) is 6.08 Å². The number of aliphatic hydroxyl groups is 2. The molecule has 69 heavy (non-hydrogen) atoms. The van der Waals surface area contributed by atoms with Gasteiger partial charge in [0.05, 0.1) is 25.4 Å². The molecule has 0 aromatic carbocycles. The monoisotopic (exact) mass is 970 g/mol. The summed E-state index contributed by atoms with van der Waals surface area (Å²) in [6.07, 6.45) is 73.3. The highest BCUT2D eigenvalue weighted by molar-refractivity contribution is 5.76. The van der Waals surface area contributed by atoms with Crippen molar-refractivity contribution in [2.75, 3.05) is 13.2 Å². The minimum absolute atomic E-state index is 0.0378. The third kappa shape index (κ3) is 55.2. The van der Waals surface area contributed by atoms with Crippen LogP contribution in [0.2, 0.25) is 0 Å². The second-order valence-corrected chi connectivity index (χ2v) is 21.0. The first-order valence-corrected chi connectivity index (χ1v) is 30.8. The number of rotatable bonds is 57. The van der Waals surface area contributed by atoms with E-state index in [4.69, 9.17) is 4.74 Å². The molecule has 2 unspecified atom stereocenters. The van der Waals surface area contributed by atoms with Gasteiger partial charge in [-0.15, -0.1) is 0 Å².